The molecular weight excluding hydrogens is 286 g/mol. The minimum Gasteiger partial charge on any atom is -0.456 e. The molecule has 0 N–H and O–H groups in total. The van der Waals surface area contributed by atoms with Crippen molar-refractivity contribution in [1.29, 1.82) is 0 Å². The molecule has 5 heteroatoms. The van der Waals surface area contributed by atoms with Crippen molar-refractivity contribution in [1.82, 2.24) is 0 Å². The molecule has 0 aliphatic carbocycles. The molecule has 0 fully saturated rings. The molecule has 0 spiro atoms. The molecule has 0 heterocycles. The van der Waals surface area contributed by atoms with E-state index in [9.17, 15) is 9.18 Å². The maximum atomic E-state index is 13.2. The molecule has 1 atom stereocenters. The van der Waals surface area contributed by atoms with Crippen molar-refractivity contribution >= 4 is 33.5 Å². The highest BCUT2D eigenvalue weighted by molar-refractivity contribution is 9.10. The van der Waals surface area contributed by atoms with Gasteiger partial charge in [0.15, 0.2) is 0 Å². The Kier molecular flexibility index (Phi) is 4.54. The van der Waals surface area contributed by atoms with Crippen molar-refractivity contribution in [3.63, 3.8) is 0 Å². The summed E-state index contributed by atoms with van der Waals surface area (Å²) >= 11 is 8.66. The van der Waals surface area contributed by atoms with E-state index in [-0.39, 0.29) is 5.88 Å². The Bertz CT molecular complexity index is 370. The van der Waals surface area contributed by atoms with Crippen LogP contribution in [0.15, 0.2) is 22.7 Å². The van der Waals surface area contributed by atoms with Crippen LogP contribution in [-0.4, -0.2) is 11.8 Å². The van der Waals surface area contributed by atoms with Gasteiger partial charge in [-0.25, -0.2) is 4.39 Å². The third kappa shape index (κ3) is 3.47. The van der Waals surface area contributed by atoms with Gasteiger partial charge < -0.3 is 4.74 Å². The van der Waals surface area contributed by atoms with E-state index in [1.54, 1.807) is 12.1 Å². The Labute approximate surface area is 101 Å². The zero-order valence-corrected chi connectivity index (χ0v) is 10.3. The molecule has 0 aromatic heterocycles. The number of carbonyl (C=O) groups excluding carboxylic acids is 1. The molecule has 0 saturated carbocycles. The fourth-order valence-corrected chi connectivity index (χ4v) is 1.59. The summed E-state index contributed by atoms with van der Waals surface area (Å²) in [4.78, 5) is 10.8. The number of carbonyl (C=O) groups is 1. The molecule has 1 aromatic rings. The van der Waals surface area contributed by atoms with Crippen LogP contribution in [0.4, 0.5) is 4.39 Å². The van der Waals surface area contributed by atoms with Crippen molar-refractivity contribution in [2.45, 2.75) is 13.0 Å². The first kappa shape index (κ1) is 12.5. The summed E-state index contributed by atoms with van der Waals surface area (Å²) in [7, 11) is 0. The van der Waals surface area contributed by atoms with Crippen LogP contribution in [0.25, 0.3) is 0 Å². The number of ether oxygens (including phenoxy) is 1. The van der Waals surface area contributed by atoms with Crippen LogP contribution < -0.4 is 0 Å². The number of hydrogen-bond donors (Lipinski definition) is 0. The van der Waals surface area contributed by atoms with Crippen molar-refractivity contribution in [3.8, 4) is 0 Å². The number of esters is 1. The highest BCUT2D eigenvalue weighted by Gasteiger charge is 2.14. The standard InChI is InChI=1S/C10H9BrClFO2/c1-6(14)15-10(5-12)7-2-3-8(11)9(13)4-7/h2-4,10H,5H2,1H3/t10-/m1/s1. The molecule has 82 valence electrons. The lowest BCUT2D eigenvalue weighted by Gasteiger charge is -2.14. The second kappa shape index (κ2) is 5.47. The van der Waals surface area contributed by atoms with Gasteiger partial charge in [-0.2, -0.15) is 0 Å². The van der Waals surface area contributed by atoms with Crippen LogP contribution in [0.5, 0.6) is 0 Å². The minimum absolute atomic E-state index is 0.0979. The van der Waals surface area contributed by atoms with E-state index in [4.69, 9.17) is 16.3 Å². The molecule has 0 radical (unpaired) electrons. The van der Waals surface area contributed by atoms with Crippen LogP contribution in [0.2, 0.25) is 0 Å². The molecule has 1 aromatic carbocycles. The summed E-state index contributed by atoms with van der Waals surface area (Å²) < 4.78 is 18.5. The van der Waals surface area contributed by atoms with Crippen molar-refractivity contribution in [2.75, 3.05) is 5.88 Å². The van der Waals surface area contributed by atoms with Crippen LogP contribution in [0.3, 0.4) is 0 Å². The fraction of sp³-hybridized carbons (Fsp3) is 0.300. The first-order valence-corrected chi connectivity index (χ1v) is 5.55. The Morgan fingerprint density at radius 2 is 2.33 bits per heavy atom. The molecule has 0 bridgehead atoms. The lowest BCUT2D eigenvalue weighted by atomic mass is 10.1. The van der Waals surface area contributed by atoms with Gasteiger partial charge in [0.25, 0.3) is 0 Å². The Morgan fingerprint density at radius 3 is 2.80 bits per heavy atom. The maximum absolute atomic E-state index is 13.2. The number of alkyl halides is 1. The zero-order chi connectivity index (χ0) is 11.4. The van der Waals surface area contributed by atoms with E-state index in [0.29, 0.717) is 10.0 Å². The summed E-state index contributed by atoms with van der Waals surface area (Å²) in [6.45, 7) is 1.29. The molecule has 0 aliphatic rings. The topological polar surface area (TPSA) is 26.3 Å². The van der Waals surface area contributed by atoms with E-state index < -0.39 is 17.9 Å². The number of halogens is 3. The molecule has 0 aliphatic heterocycles. The van der Waals surface area contributed by atoms with Crippen LogP contribution in [0.1, 0.15) is 18.6 Å². The molecule has 15 heavy (non-hydrogen) atoms. The van der Waals surface area contributed by atoms with Gasteiger partial charge in [0, 0.05) is 6.92 Å². The molecule has 0 amide bonds. The lowest BCUT2D eigenvalue weighted by molar-refractivity contribution is -0.145. The predicted molar refractivity (Wildman–Crippen MR) is 59.3 cm³/mol. The fourth-order valence-electron chi connectivity index (χ4n) is 1.10. The molecule has 0 saturated heterocycles. The van der Waals surface area contributed by atoms with Gasteiger partial charge in [-0.1, -0.05) is 6.07 Å². The number of rotatable bonds is 3. The summed E-state index contributed by atoms with van der Waals surface area (Å²) in [6.07, 6.45) is -0.605. The number of benzene rings is 1. The van der Waals surface area contributed by atoms with Crippen LogP contribution in [-0.2, 0) is 9.53 Å². The highest BCUT2D eigenvalue weighted by Crippen LogP contribution is 2.24. The minimum atomic E-state index is -0.605. The van der Waals surface area contributed by atoms with Gasteiger partial charge >= 0.3 is 5.97 Å². The van der Waals surface area contributed by atoms with E-state index >= 15 is 0 Å². The van der Waals surface area contributed by atoms with Gasteiger partial charge in [-0.05, 0) is 33.6 Å². The average Bonchev–Trinajstić information content (AvgIpc) is 2.18. The van der Waals surface area contributed by atoms with Gasteiger partial charge in [-0.3, -0.25) is 4.79 Å². The van der Waals surface area contributed by atoms with E-state index in [0.717, 1.165) is 0 Å². The van der Waals surface area contributed by atoms with E-state index in [2.05, 4.69) is 15.9 Å². The largest absolute Gasteiger partial charge is 0.456 e. The first-order valence-electron chi connectivity index (χ1n) is 4.22. The summed E-state index contributed by atoms with van der Waals surface area (Å²) in [5, 5.41) is 0. The maximum Gasteiger partial charge on any atom is 0.303 e. The first-order chi connectivity index (χ1) is 7.04. The Balaban J connectivity index is 2.92. The third-order valence-electron chi connectivity index (χ3n) is 1.76. The monoisotopic (exact) mass is 294 g/mol. The summed E-state index contributed by atoms with van der Waals surface area (Å²) in [6, 6.07) is 4.50. The molecule has 0 unspecified atom stereocenters. The molecule has 2 nitrogen and oxygen atoms in total. The Morgan fingerprint density at radius 1 is 1.67 bits per heavy atom. The smallest absolute Gasteiger partial charge is 0.303 e. The van der Waals surface area contributed by atoms with Crippen LogP contribution in [0, 0.1) is 5.82 Å². The summed E-state index contributed by atoms with van der Waals surface area (Å²) in [5.41, 5.74) is 0.543. The normalized spacial score (nSPS) is 12.3. The van der Waals surface area contributed by atoms with Crippen molar-refractivity contribution < 1.29 is 13.9 Å². The van der Waals surface area contributed by atoms with Gasteiger partial charge in [0.2, 0.25) is 0 Å². The molecule has 1 rings (SSSR count). The SMILES string of the molecule is CC(=O)O[C@H](CCl)c1ccc(Br)c(F)c1. The van der Waals surface area contributed by atoms with E-state index in [1.165, 1.54) is 13.0 Å². The van der Waals surface area contributed by atoms with Crippen LogP contribution >= 0.6 is 27.5 Å². The second-order valence-corrected chi connectivity index (χ2v) is 4.09. The third-order valence-corrected chi connectivity index (χ3v) is 2.69. The van der Waals surface area contributed by atoms with Gasteiger partial charge in [0.05, 0.1) is 10.4 Å². The number of hydrogen-bond acceptors (Lipinski definition) is 2. The van der Waals surface area contributed by atoms with Gasteiger partial charge in [0.1, 0.15) is 11.9 Å². The quantitative estimate of drug-likeness (QED) is 0.631. The van der Waals surface area contributed by atoms with Crippen molar-refractivity contribution in [2.24, 2.45) is 0 Å². The second-order valence-electron chi connectivity index (χ2n) is 2.93. The Hall–Kier alpha value is -0.610. The highest BCUT2D eigenvalue weighted by atomic mass is 79.9. The summed E-state index contributed by atoms with van der Waals surface area (Å²) in [5.74, 6) is -0.751. The van der Waals surface area contributed by atoms with Crippen molar-refractivity contribution in [3.05, 3.63) is 34.1 Å². The van der Waals surface area contributed by atoms with E-state index in [1.807, 2.05) is 0 Å². The lowest BCUT2D eigenvalue weighted by Crippen LogP contribution is -2.10. The zero-order valence-electron chi connectivity index (χ0n) is 7.97. The van der Waals surface area contributed by atoms with Gasteiger partial charge in [-0.15, -0.1) is 11.6 Å². The predicted octanol–water partition coefficient (Wildman–Crippen LogP) is 3.43. The average molecular weight is 296 g/mol. The molecular formula is C10H9BrClFO2.